The first-order chi connectivity index (χ1) is 12.2. The fourth-order valence-electron chi connectivity index (χ4n) is 3.31. The van der Waals surface area contributed by atoms with Crippen LogP contribution in [0.4, 0.5) is 0 Å². The standard InChI is InChI=1S/C22H26N2O/c1-18-8-10-19(11-9-18)12-13-22(25)23-16-20-6-2-3-7-21(20)17-24-14-4-5-15-24/h2-3,6-13H,4-5,14-17H2,1H3,(H,23,25)/p+1/b13-12+. The van der Waals surface area contributed by atoms with Crippen LogP contribution in [0.5, 0.6) is 0 Å². The minimum atomic E-state index is -0.0519. The molecule has 25 heavy (non-hydrogen) atoms. The molecule has 1 amide bonds. The SMILES string of the molecule is Cc1ccc(/C=C/C(=O)NCc2ccccc2C[NH+]2CCCC2)cc1. The van der Waals surface area contributed by atoms with E-state index in [4.69, 9.17) is 0 Å². The summed E-state index contributed by atoms with van der Waals surface area (Å²) in [4.78, 5) is 13.8. The van der Waals surface area contributed by atoms with Gasteiger partial charge in [-0.1, -0.05) is 54.1 Å². The summed E-state index contributed by atoms with van der Waals surface area (Å²) >= 11 is 0. The highest BCUT2D eigenvalue weighted by Gasteiger charge is 2.17. The minimum absolute atomic E-state index is 0.0519. The lowest BCUT2D eigenvalue weighted by molar-refractivity contribution is -0.901. The molecule has 2 aromatic rings. The first-order valence-corrected chi connectivity index (χ1v) is 9.13. The minimum Gasteiger partial charge on any atom is -0.348 e. The number of nitrogens with one attached hydrogen (secondary N) is 2. The number of rotatable bonds is 6. The molecule has 2 N–H and O–H groups in total. The van der Waals surface area contributed by atoms with Crippen molar-refractivity contribution in [3.8, 4) is 0 Å². The van der Waals surface area contributed by atoms with E-state index >= 15 is 0 Å². The molecule has 0 atom stereocenters. The molecular formula is C22H27N2O+. The first kappa shape index (κ1) is 17.4. The highest BCUT2D eigenvalue weighted by atomic mass is 16.1. The average Bonchev–Trinajstić information content (AvgIpc) is 3.13. The third-order valence-electron chi connectivity index (χ3n) is 4.83. The molecule has 0 saturated carbocycles. The number of carbonyl (C=O) groups excluding carboxylic acids is 1. The fourth-order valence-corrected chi connectivity index (χ4v) is 3.31. The zero-order valence-corrected chi connectivity index (χ0v) is 14.9. The van der Waals surface area contributed by atoms with E-state index in [2.05, 4.69) is 42.6 Å². The second-order valence-electron chi connectivity index (χ2n) is 6.86. The molecule has 0 bridgehead atoms. The van der Waals surface area contributed by atoms with Gasteiger partial charge < -0.3 is 10.2 Å². The van der Waals surface area contributed by atoms with Crippen LogP contribution in [-0.2, 0) is 17.9 Å². The number of quaternary nitrogens is 1. The summed E-state index contributed by atoms with van der Waals surface area (Å²) in [5.74, 6) is -0.0519. The van der Waals surface area contributed by atoms with Crippen LogP contribution in [0.15, 0.2) is 54.6 Å². The van der Waals surface area contributed by atoms with Crippen molar-refractivity contribution in [3.63, 3.8) is 0 Å². The molecule has 0 spiro atoms. The Hall–Kier alpha value is -2.39. The van der Waals surface area contributed by atoms with E-state index < -0.39 is 0 Å². The number of carbonyl (C=O) groups is 1. The largest absolute Gasteiger partial charge is 0.348 e. The second-order valence-corrected chi connectivity index (χ2v) is 6.86. The van der Waals surface area contributed by atoms with E-state index in [9.17, 15) is 4.79 Å². The Morgan fingerprint density at radius 3 is 2.44 bits per heavy atom. The Kier molecular flexibility index (Phi) is 6.02. The molecular weight excluding hydrogens is 308 g/mol. The molecule has 0 aliphatic carbocycles. The monoisotopic (exact) mass is 335 g/mol. The topological polar surface area (TPSA) is 33.5 Å². The molecule has 130 valence electrons. The van der Waals surface area contributed by atoms with Crippen molar-refractivity contribution in [2.45, 2.75) is 32.9 Å². The molecule has 0 aromatic heterocycles. The summed E-state index contributed by atoms with van der Waals surface area (Å²) in [6.07, 6.45) is 6.13. The number of likely N-dealkylation sites (tertiary alicyclic amines) is 1. The number of aryl methyl sites for hydroxylation is 1. The van der Waals surface area contributed by atoms with E-state index in [-0.39, 0.29) is 5.91 Å². The summed E-state index contributed by atoms with van der Waals surface area (Å²) in [5, 5.41) is 3.01. The van der Waals surface area contributed by atoms with Gasteiger partial charge in [-0.3, -0.25) is 4.79 Å². The maximum atomic E-state index is 12.1. The summed E-state index contributed by atoms with van der Waals surface area (Å²) in [5.41, 5.74) is 4.83. The maximum Gasteiger partial charge on any atom is 0.244 e. The third-order valence-corrected chi connectivity index (χ3v) is 4.83. The Bertz CT molecular complexity index is 728. The normalized spacial score (nSPS) is 14.9. The Morgan fingerprint density at radius 1 is 1.04 bits per heavy atom. The van der Waals surface area contributed by atoms with E-state index in [1.165, 1.54) is 42.6 Å². The number of benzene rings is 2. The lowest BCUT2D eigenvalue weighted by atomic mass is 10.1. The van der Waals surface area contributed by atoms with Gasteiger partial charge in [-0.05, 0) is 24.1 Å². The van der Waals surface area contributed by atoms with Crippen LogP contribution < -0.4 is 10.2 Å². The number of amides is 1. The van der Waals surface area contributed by atoms with Gasteiger partial charge in [-0.15, -0.1) is 0 Å². The Morgan fingerprint density at radius 2 is 1.72 bits per heavy atom. The van der Waals surface area contributed by atoms with E-state index in [0.717, 1.165) is 12.1 Å². The quantitative estimate of drug-likeness (QED) is 0.782. The first-order valence-electron chi connectivity index (χ1n) is 9.13. The van der Waals surface area contributed by atoms with Gasteiger partial charge in [-0.25, -0.2) is 0 Å². The van der Waals surface area contributed by atoms with E-state index in [1.807, 2.05) is 24.3 Å². The molecule has 2 aromatic carbocycles. The van der Waals surface area contributed by atoms with Crippen molar-refractivity contribution in [3.05, 3.63) is 76.9 Å². The van der Waals surface area contributed by atoms with Crippen molar-refractivity contribution >= 4 is 12.0 Å². The second kappa shape index (κ2) is 8.63. The zero-order valence-electron chi connectivity index (χ0n) is 14.9. The lowest BCUT2D eigenvalue weighted by Crippen LogP contribution is -3.08. The van der Waals surface area contributed by atoms with Crippen molar-refractivity contribution in [2.24, 2.45) is 0 Å². The summed E-state index contributed by atoms with van der Waals surface area (Å²) < 4.78 is 0. The van der Waals surface area contributed by atoms with Crippen molar-refractivity contribution < 1.29 is 9.69 Å². The van der Waals surface area contributed by atoms with Crippen LogP contribution in [0, 0.1) is 6.92 Å². The summed E-state index contributed by atoms with van der Waals surface area (Å²) in [6, 6.07) is 16.6. The maximum absolute atomic E-state index is 12.1. The van der Waals surface area contributed by atoms with E-state index in [1.54, 1.807) is 11.0 Å². The molecule has 1 heterocycles. The Labute approximate surface area is 150 Å². The molecule has 1 aliphatic heterocycles. The number of hydrogen-bond donors (Lipinski definition) is 2. The van der Waals surface area contributed by atoms with Gasteiger partial charge in [0.2, 0.25) is 5.91 Å². The van der Waals surface area contributed by atoms with Crippen molar-refractivity contribution in [2.75, 3.05) is 13.1 Å². The van der Waals surface area contributed by atoms with Gasteiger partial charge >= 0.3 is 0 Å². The molecule has 3 rings (SSSR count). The van der Waals surface area contributed by atoms with Crippen LogP contribution in [0.25, 0.3) is 6.08 Å². The van der Waals surface area contributed by atoms with Crippen LogP contribution in [-0.4, -0.2) is 19.0 Å². The van der Waals surface area contributed by atoms with Crippen LogP contribution in [0.1, 0.15) is 35.1 Å². The van der Waals surface area contributed by atoms with Gasteiger partial charge in [0, 0.05) is 31.0 Å². The molecule has 3 heteroatoms. The van der Waals surface area contributed by atoms with Gasteiger partial charge in [-0.2, -0.15) is 0 Å². The number of hydrogen-bond acceptors (Lipinski definition) is 1. The smallest absolute Gasteiger partial charge is 0.244 e. The van der Waals surface area contributed by atoms with Gasteiger partial charge in [0.1, 0.15) is 6.54 Å². The fraction of sp³-hybridized carbons (Fsp3) is 0.318. The average molecular weight is 335 g/mol. The predicted octanol–water partition coefficient (Wildman–Crippen LogP) is 2.50. The van der Waals surface area contributed by atoms with Crippen LogP contribution in [0.3, 0.4) is 0 Å². The Balaban J connectivity index is 1.55. The van der Waals surface area contributed by atoms with Gasteiger partial charge in [0.25, 0.3) is 0 Å². The van der Waals surface area contributed by atoms with Gasteiger partial charge in [0.05, 0.1) is 13.1 Å². The molecule has 1 fully saturated rings. The van der Waals surface area contributed by atoms with Crippen LogP contribution >= 0.6 is 0 Å². The van der Waals surface area contributed by atoms with Crippen molar-refractivity contribution in [1.82, 2.24) is 5.32 Å². The van der Waals surface area contributed by atoms with Crippen molar-refractivity contribution in [1.29, 1.82) is 0 Å². The third kappa shape index (κ3) is 5.30. The molecule has 3 nitrogen and oxygen atoms in total. The highest BCUT2D eigenvalue weighted by Crippen LogP contribution is 2.08. The highest BCUT2D eigenvalue weighted by molar-refractivity contribution is 5.91. The molecule has 1 saturated heterocycles. The molecule has 1 aliphatic rings. The van der Waals surface area contributed by atoms with E-state index in [0.29, 0.717) is 6.54 Å². The molecule has 0 unspecified atom stereocenters. The lowest BCUT2D eigenvalue weighted by Gasteiger charge is -2.15. The summed E-state index contributed by atoms with van der Waals surface area (Å²) in [6.45, 7) is 6.23. The summed E-state index contributed by atoms with van der Waals surface area (Å²) in [7, 11) is 0. The molecule has 0 radical (unpaired) electrons. The van der Waals surface area contributed by atoms with Crippen LogP contribution in [0.2, 0.25) is 0 Å². The zero-order chi connectivity index (χ0) is 17.5. The van der Waals surface area contributed by atoms with Gasteiger partial charge in [0.15, 0.2) is 0 Å². The predicted molar refractivity (Wildman–Crippen MR) is 102 cm³/mol.